The van der Waals surface area contributed by atoms with Crippen molar-refractivity contribution in [3.05, 3.63) is 29.8 Å². The van der Waals surface area contributed by atoms with Gasteiger partial charge in [0, 0.05) is 25.6 Å². The van der Waals surface area contributed by atoms with Crippen molar-refractivity contribution in [3.63, 3.8) is 0 Å². The highest BCUT2D eigenvalue weighted by molar-refractivity contribution is 7.89. The van der Waals surface area contributed by atoms with Crippen molar-refractivity contribution in [2.75, 3.05) is 26.8 Å². The summed E-state index contributed by atoms with van der Waals surface area (Å²) in [5.41, 5.74) is -1.20. The summed E-state index contributed by atoms with van der Waals surface area (Å²) in [7, 11) is -2.39. The van der Waals surface area contributed by atoms with Gasteiger partial charge in [-0.15, -0.1) is 0 Å². The van der Waals surface area contributed by atoms with Crippen molar-refractivity contribution in [1.82, 2.24) is 4.31 Å². The number of methoxy groups -OCH3 is 1. The zero-order valence-corrected chi connectivity index (χ0v) is 15.2. The highest BCUT2D eigenvalue weighted by atomic mass is 32.2. The largest absolute Gasteiger partial charge is 0.416 e. The lowest BCUT2D eigenvalue weighted by molar-refractivity contribution is -0.137. The molecule has 0 amide bonds. The minimum Gasteiger partial charge on any atom is -0.384 e. The Morgan fingerprint density at radius 2 is 2.00 bits per heavy atom. The molecule has 1 saturated heterocycles. The van der Waals surface area contributed by atoms with Crippen LogP contribution < -0.4 is 0 Å². The first-order valence-electron chi connectivity index (χ1n) is 8.09. The molecule has 2 fully saturated rings. The predicted octanol–water partition coefficient (Wildman–Crippen LogP) is 3.39. The van der Waals surface area contributed by atoms with Crippen LogP contribution in [0.2, 0.25) is 0 Å². The average molecular weight is 377 g/mol. The van der Waals surface area contributed by atoms with E-state index in [1.165, 1.54) is 10.4 Å². The van der Waals surface area contributed by atoms with Gasteiger partial charge in [0.1, 0.15) is 0 Å². The maximum Gasteiger partial charge on any atom is 0.416 e. The highest BCUT2D eigenvalue weighted by Crippen LogP contribution is 2.63. The lowest BCUT2D eigenvalue weighted by Gasteiger charge is -2.56. The van der Waals surface area contributed by atoms with Crippen LogP contribution in [0.15, 0.2) is 29.2 Å². The SMILES string of the molecule is COC[C@@]12CN(S(=O)(=O)c3cccc(C(F)(F)F)c3)C[C@@H]1C(C)(C)C2. The van der Waals surface area contributed by atoms with E-state index in [0.29, 0.717) is 19.2 Å². The van der Waals surface area contributed by atoms with Crippen LogP contribution in [0.25, 0.3) is 0 Å². The van der Waals surface area contributed by atoms with Gasteiger partial charge in [0.25, 0.3) is 0 Å². The van der Waals surface area contributed by atoms with Gasteiger partial charge in [-0.25, -0.2) is 8.42 Å². The minimum atomic E-state index is -4.57. The third-order valence-electron chi connectivity index (χ3n) is 5.60. The normalized spacial score (nSPS) is 29.3. The molecule has 2 aliphatic rings. The zero-order chi connectivity index (χ0) is 18.7. The van der Waals surface area contributed by atoms with Crippen LogP contribution in [0.3, 0.4) is 0 Å². The number of ether oxygens (including phenoxy) is 1. The fraction of sp³-hybridized carbons (Fsp3) is 0.647. The molecule has 1 aliphatic carbocycles. The minimum absolute atomic E-state index is 0.00336. The Balaban J connectivity index is 1.92. The van der Waals surface area contributed by atoms with Crippen molar-refractivity contribution in [1.29, 1.82) is 0 Å². The van der Waals surface area contributed by atoms with Gasteiger partial charge in [-0.2, -0.15) is 17.5 Å². The number of nitrogens with zero attached hydrogens (tertiary/aromatic N) is 1. The second-order valence-corrected chi connectivity index (χ2v) is 9.77. The number of halogens is 3. The number of benzene rings is 1. The molecule has 1 aliphatic heterocycles. The lowest BCUT2D eigenvalue weighted by atomic mass is 9.48. The first kappa shape index (κ1) is 18.7. The molecule has 0 radical (unpaired) electrons. The molecule has 0 unspecified atom stereocenters. The quantitative estimate of drug-likeness (QED) is 0.808. The maximum absolute atomic E-state index is 12.9. The lowest BCUT2D eigenvalue weighted by Crippen LogP contribution is -2.55. The smallest absolute Gasteiger partial charge is 0.384 e. The maximum atomic E-state index is 12.9. The third-order valence-corrected chi connectivity index (χ3v) is 7.41. The summed E-state index contributed by atoms with van der Waals surface area (Å²) in [6.45, 7) is 5.23. The number of alkyl halides is 3. The van der Waals surface area contributed by atoms with E-state index >= 15 is 0 Å². The Kier molecular flexibility index (Phi) is 4.25. The molecule has 1 aromatic carbocycles. The number of hydrogen-bond donors (Lipinski definition) is 0. The molecule has 1 heterocycles. The number of rotatable bonds is 4. The summed E-state index contributed by atoms with van der Waals surface area (Å²) in [6.07, 6.45) is -3.73. The average Bonchev–Trinajstić information content (AvgIpc) is 2.82. The molecule has 2 atom stereocenters. The van der Waals surface area contributed by atoms with E-state index in [0.717, 1.165) is 18.6 Å². The summed E-state index contributed by atoms with van der Waals surface area (Å²) >= 11 is 0. The fourth-order valence-electron chi connectivity index (χ4n) is 4.73. The van der Waals surface area contributed by atoms with E-state index in [9.17, 15) is 21.6 Å². The Bertz CT molecular complexity index is 776. The third kappa shape index (κ3) is 2.98. The highest BCUT2D eigenvalue weighted by Gasteiger charge is 2.64. The van der Waals surface area contributed by atoms with Crippen LogP contribution >= 0.6 is 0 Å². The van der Waals surface area contributed by atoms with Crippen LogP contribution in [0.5, 0.6) is 0 Å². The fourth-order valence-corrected chi connectivity index (χ4v) is 6.32. The molecule has 0 bridgehead atoms. The van der Waals surface area contributed by atoms with E-state index in [4.69, 9.17) is 4.74 Å². The van der Waals surface area contributed by atoms with Crippen LogP contribution in [-0.4, -0.2) is 39.5 Å². The molecule has 25 heavy (non-hydrogen) atoms. The molecular weight excluding hydrogens is 355 g/mol. The van der Waals surface area contributed by atoms with Crippen LogP contribution in [0.4, 0.5) is 13.2 Å². The molecule has 140 valence electrons. The van der Waals surface area contributed by atoms with E-state index in [2.05, 4.69) is 13.8 Å². The molecule has 1 aromatic rings. The Morgan fingerprint density at radius 1 is 1.32 bits per heavy atom. The summed E-state index contributed by atoms with van der Waals surface area (Å²) < 4.78 is 71.2. The topological polar surface area (TPSA) is 46.6 Å². The van der Waals surface area contributed by atoms with Gasteiger partial charge in [-0.3, -0.25) is 0 Å². The molecule has 0 spiro atoms. The second-order valence-electron chi connectivity index (χ2n) is 7.84. The van der Waals surface area contributed by atoms with E-state index in [1.54, 1.807) is 7.11 Å². The summed E-state index contributed by atoms with van der Waals surface area (Å²) in [5, 5.41) is 0. The van der Waals surface area contributed by atoms with Gasteiger partial charge >= 0.3 is 6.18 Å². The molecule has 4 nitrogen and oxygen atoms in total. The second kappa shape index (κ2) is 5.69. The standard InChI is InChI=1S/C17H22F3NO3S/c1-15(2)9-16(11-24-3)10-21(8-14(15)16)25(22,23)13-6-4-5-12(7-13)17(18,19)20/h4-7,14H,8-11H2,1-3H3/t14-,16-/m1/s1. The number of fused-ring (bicyclic) bond motifs is 1. The molecular formula is C17H22F3NO3S. The number of sulfonamides is 1. The molecule has 1 saturated carbocycles. The van der Waals surface area contributed by atoms with E-state index < -0.39 is 21.8 Å². The van der Waals surface area contributed by atoms with Gasteiger partial charge < -0.3 is 4.74 Å². The Labute approximate surface area is 146 Å². The summed E-state index contributed by atoms with van der Waals surface area (Å²) in [4.78, 5) is -0.311. The summed E-state index contributed by atoms with van der Waals surface area (Å²) in [5.74, 6) is 0.139. The summed E-state index contributed by atoms with van der Waals surface area (Å²) in [6, 6.07) is 3.94. The van der Waals surface area contributed by atoms with Crippen molar-refractivity contribution in [2.24, 2.45) is 16.7 Å². The molecule has 8 heteroatoms. The van der Waals surface area contributed by atoms with Crippen molar-refractivity contribution in [2.45, 2.75) is 31.3 Å². The van der Waals surface area contributed by atoms with Crippen LogP contribution in [0, 0.1) is 16.7 Å². The van der Waals surface area contributed by atoms with Gasteiger partial charge in [-0.1, -0.05) is 19.9 Å². The zero-order valence-electron chi connectivity index (χ0n) is 14.4. The van der Waals surface area contributed by atoms with Crippen molar-refractivity contribution in [3.8, 4) is 0 Å². The number of hydrogen-bond acceptors (Lipinski definition) is 3. The van der Waals surface area contributed by atoms with Gasteiger partial charge in [0.2, 0.25) is 10.0 Å². The van der Waals surface area contributed by atoms with Gasteiger partial charge in [-0.05, 0) is 36.0 Å². The van der Waals surface area contributed by atoms with E-state index in [1.807, 2.05) is 0 Å². The molecule has 0 aromatic heterocycles. The van der Waals surface area contributed by atoms with Gasteiger partial charge in [0.15, 0.2) is 0 Å². The van der Waals surface area contributed by atoms with E-state index in [-0.39, 0.29) is 28.2 Å². The van der Waals surface area contributed by atoms with Crippen LogP contribution in [-0.2, 0) is 20.9 Å². The van der Waals surface area contributed by atoms with Crippen molar-refractivity contribution < 1.29 is 26.3 Å². The molecule has 3 rings (SSSR count). The van der Waals surface area contributed by atoms with Gasteiger partial charge in [0.05, 0.1) is 17.1 Å². The van der Waals surface area contributed by atoms with Crippen LogP contribution in [0.1, 0.15) is 25.8 Å². The monoisotopic (exact) mass is 377 g/mol. The first-order chi connectivity index (χ1) is 11.4. The molecule has 0 N–H and O–H groups in total. The predicted molar refractivity (Wildman–Crippen MR) is 86.4 cm³/mol. The van der Waals surface area contributed by atoms with Crippen molar-refractivity contribution >= 4 is 10.0 Å². The Hall–Kier alpha value is -1.12. The first-order valence-corrected chi connectivity index (χ1v) is 9.53. The Morgan fingerprint density at radius 3 is 2.56 bits per heavy atom.